The molecule has 0 saturated carbocycles. The molecule has 104 valence electrons. The minimum Gasteiger partial charge on any atom is -0.499 e. The maximum atomic E-state index is 5.38. The number of aliphatic imine (C=N–C) groups is 1. The van der Waals surface area contributed by atoms with Crippen molar-refractivity contribution in [1.82, 2.24) is 4.90 Å². The molecule has 2 aliphatic rings. The second kappa shape index (κ2) is 5.24. The number of dihydropyridines is 1. The number of methoxy groups -OCH3 is 1. The monoisotopic (exact) mass is 260 g/mol. The van der Waals surface area contributed by atoms with E-state index in [-0.39, 0.29) is 11.6 Å². The number of hydrogen-bond donors (Lipinski definition) is 0. The Morgan fingerprint density at radius 2 is 2.11 bits per heavy atom. The maximum Gasteiger partial charge on any atom is 0.120 e. The SMILES string of the molecule is COC1=CC(=C2C=CN(C(C)(C)C)CC2)C=NC1C. The molecule has 0 spiro atoms. The lowest BCUT2D eigenvalue weighted by molar-refractivity contribution is 0.203. The minimum absolute atomic E-state index is 0.132. The molecule has 3 nitrogen and oxygen atoms in total. The average molecular weight is 260 g/mol. The van der Waals surface area contributed by atoms with Crippen LogP contribution in [0.1, 0.15) is 34.1 Å². The third-order valence-corrected chi connectivity index (χ3v) is 3.69. The number of hydrogen-bond acceptors (Lipinski definition) is 3. The molecular formula is C16H24N2O. The fourth-order valence-electron chi connectivity index (χ4n) is 2.36. The lowest BCUT2D eigenvalue weighted by Gasteiger charge is -2.37. The van der Waals surface area contributed by atoms with Gasteiger partial charge in [-0.1, -0.05) is 0 Å². The van der Waals surface area contributed by atoms with Crippen molar-refractivity contribution in [3.63, 3.8) is 0 Å². The van der Waals surface area contributed by atoms with Crippen molar-refractivity contribution < 1.29 is 4.74 Å². The molecule has 0 saturated heterocycles. The Kier molecular flexibility index (Phi) is 3.83. The molecule has 0 amide bonds. The second-order valence-corrected chi connectivity index (χ2v) is 6.12. The van der Waals surface area contributed by atoms with Crippen LogP contribution in [0.2, 0.25) is 0 Å². The highest BCUT2D eigenvalue weighted by Gasteiger charge is 2.21. The van der Waals surface area contributed by atoms with Crippen LogP contribution in [-0.2, 0) is 4.74 Å². The first-order chi connectivity index (χ1) is 8.91. The Balaban J connectivity index is 2.22. The standard InChI is InChI=1S/C16H24N2O/c1-12-15(19-5)10-14(11-17-12)13-6-8-18(9-7-13)16(2,3)4/h6,8,10-12H,7,9H2,1-5H3. The topological polar surface area (TPSA) is 24.8 Å². The summed E-state index contributed by atoms with van der Waals surface area (Å²) in [5.41, 5.74) is 2.71. The van der Waals surface area contributed by atoms with Crippen molar-refractivity contribution >= 4 is 6.21 Å². The van der Waals surface area contributed by atoms with E-state index in [0.29, 0.717) is 0 Å². The molecular weight excluding hydrogens is 236 g/mol. The lowest BCUT2D eigenvalue weighted by atomic mass is 9.97. The zero-order valence-electron chi connectivity index (χ0n) is 12.6. The first kappa shape index (κ1) is 13.9. The quantitative estimate of drug-likeness (QED) is 0.722. The number of allylic oxidation sites excluding steroid dienone is 3. The van der Waals surface area contributed by atoms with E-state index < -0.39 is 0 Å². The summed E-state index contributed by atoms with van der Waals surface area (Å²) in [5.74, 6) is 0.941. The van der Waals surface area contributed by atoms with Gasteiger partial charge in [0.1, 0.15) is 11.8 Å². The summed E-state index contributed by atoms with van der Waals surface area (Å²) in [6.45, 7) is 9.82. The second-order valence-electron chi connectivity index (χ2n) is 6.12. The molecule has 2 rings (SSSR count). The van der Waals surface area contributed by atoms with E-state index in [1.807, 2.05) is 13.1 Å². The largest absolute Gasteiger partial charge is 0.499 e. The van der Waals surface area contributed by atoms with Crippen LogP contribution in [0.4, 0.5) is 0 Å². The van der Waals surface area contributed by atoms with Gasteiger partial charge in [0, 0.05) is 18.3 Å². The van der Waals surface area contributed by atoms with Crippen LogP contribution in [-0.4, -0.2) is 36.3 Å². The molecule has 0 radical (unpaired) electrons. The van der Waals surface area contributed by atoms with Gasteiger partial charge in [0.25, 0.3) is 0 Å². The van der Waals surface area contributed by atoms with E-state index in [1.54, 1.807) is 7.11 Å². The van der Waals surface area contributed by atoms with Crippen LogP contribution in [0, 0.1) is 0 Å². The fraction of sp³-hybridized carbons (Fsp3) is 0.562. The summed E-state index contributed by atoms with van der Waals surface area (Å²) in [6.07, 6.45) is 9.54. The van der Waals surface area contributed by atoms with Crippen LogP contribution >= 0.6 is 0 Å². The van der Waals surface area contributed by atoms with E-state index in [0.717, 1.165) is 18.7 Å². The molecule has 1 atom stereocenters. The third-order valence-electron chi connectivity index (χ3n) is 3.69. The molecule has 19 heavy (non-hydrogen) atoms. The van der Waals surface area contributed by atoms with E-state index in [9.17, 15) is 0 Å². The molecule has 0 aromatic heterocycles. The molecule has 1 unspecified atom stereocenters. The Morgan fingerprint density at radius 3 is 2.63 bits per heavy atom. The van der Waals surface area contributed by atoms with Gasteiger partial charge in [-0.3, -0.25) is 4.99 Å². The lowest BCUT2D eigenvalue weighted by Crippen LogP contribution is -2.39. The number of ether oxygens (including phenoxy) is 1. The van der Waals surface area contributed by atoms with Crippen LogP contribution in [0.5, 0.6) is 0 Å². The van der Waals surface area contributed by atoms with Gasteiger partial charge in [0.05, 0.1) is 7.11 Å². The Hall–Kier alpha value is -1.51. The summed E-state index contributed by atoms with van der Waals surface area (Å²) in [4.78, 5) is 6.86. The van der Waals surface area contributed by atoms with Crippen molar-refractivity contribution in [3.8, 4) is 0 Å². The van der Waals surface area contributed by atoms with Gasteiger partial charge in [-0.25, -0.2) is 0 Å². The molecule has 0 N–H and O–H groups in total. The molecule has 3 heteroatoms. The molecule has 0 bridgehead atoms. The van der Waals surface area contributed by atoms with Crippen molar-refractivity contribution in [2.24, 2.45) is 4.99 Å². The molecule has 2 aliphatic heterocycles. The first-order valence-corrected chi connectivity index (χ1v) is 6.88. The van der Waals surface area contributed by atoms with Gasteiger partial charge in [0.15, 0.2) is 0 Å². The van der Waals surface area contributed by atoms with Gasteiger partial charge < -0.3 is 9.64 Å². The predicted octanol–water partition coefficient (Wildman–Crippen LogP) is 3.30. The van der Waals surface area contributed by atoms with Gasteiger partial charge >= 0.3 is 0 Å². The van der Waals surface area contributed by atoms with E-state index in [2.05, 4.69) is 49.0 Å². The average Bonchev–Trinajstić information content (AvgIpc) is 2.38. The fourth-order valence-corrected chi connectivity index (χ4v) is 2.36. The van der Waals surface area contributed by atoms with Crippen molar-refractivity contribution in [1.29, 1.82) is 0 Å². The number of rotatable bonds is 1. The van der Waals surface area contributed by atoms with Crippen molar-refractivity contribution in [3.05, 3.63) is 35.3 Å². The van der Waals surface area contributed by atoms with Crippen LogP contribution < -0.4 is 0 Å². The molecule has 0 aliphatic carbocycles. The summed E-state index contributed by atoms with van der Waals surface area (Å²) in [7, 11) is 1.71. The molecule has 2 heterocycles. The highest BCUT2D eigenvalue weighted by atomic mass is 16.5. The van der Waals surface area contributed by atoms with Gasteiger partial charge in [-0.15, -0.1) is 0 Å². The minimum atomic E-state index is 0.132. The summed E-state index contributed by atoms with van der Waals surface area (Å²) >= 11 is 0. The smallest absolute Gasteiger partial charge is 0.120 e. The highest BCUT2D eigenvalue weighted by Crippen LogP contribution is 2.25. The molecule has 0 aromatic carbocycles. The Morgan fingerprint density at radius 1 is 1.37 bits per heavy atom. The van der Waals surface area contributed by atoms with Gasteiger partial charge in [-0.2, -0.15) is 0 Å². The predicted molar refractivity (Wildman–Crippen MR) is 80.3 cm³/mol. The highest BCUT2D eigenvalue weighted by molar-refractivity contribution is 5.86. The Bertz CT molecular complexity index is 464. The Labute approximate surface area is 116 Å². The van der Waals surface area contributed by atoms with E-state index in [1.165, 1.54) is 11.1 Å². The number of nitrogens with zero attached hydrogens (tertiary/aromatic N) is 2. The zero-order chi connectivity index (χ0) is 14.0. The van der Waals surface area contributed by atoms with E-state index in [4.69, 9.17) is 4.74 Å². The third kappa shape index (κ3) is 3.09. The van der Waals surface area contributed by atoms with Crippen molar-refractivity contribution in [2.45, 2.75) is 45.7 Å². The van der Waals surface area contributed by atoms with Gasteiger partial charge in [-0.05, 0) is 63.6 Å². The normalized spacial score (nSPS) is 27.5. The molecule has 0 fully saturated rings. The summed E-state index contributed by atoms with van der Waals surface area (Å²) in [5, 5.41) is 0. The van der Waals surface area contributed by atoms with Crippen LogP contribution in [0.3, 0.4) is 0 Å². The zero-order valence-corrected chi connectivity index (χ0v) is 12.6. The maximum absolute atomic E-state index is 5.38. The van der Waals surface area contributed by atoms with Crippen molar-refractivity contribution in [2.75, 3.05) is 13.7 Å². The first-order valence-electron chi connectivity index (χ1n) is 6.88. The van der Waals surface area contributed by atoms with E-state index >= 15 is 0 Å². The van der Waals surface area contributed by atoms with Gasteiger partial charge in [0.2, 0.25) is 0 Å². The summed E-state index contributed by atoms with van der Waals surface area (Å²) in [6, 6.07) is 0.132. The summed E-state index contributed by atoms with van der Waals surface area (Å²) < 4.78 is 5.38. The molecule has 0 aromatic rings. The van der Waals surface area contributed by atoms with Crippen LogP contribution in [0.25, 0.3) is 0 Å². The van der Waals surface area contributed by atoms with Crippen LogP contribution in [0.15, 0.2) is 40.2 Å².